The topological polar surface area (TPSA) is 35.2 Å². The van der Waals surface area contributed by atoms with Crippen molar-refractivity contribution < 1.29 is 4.74 Å². The van der Waals surface area contributed by atoms with Crippen LogP contribution in [0.5, 0.6) is 0 Å². The highest BCUT2D eigenvalue weighted by molar-refractivity contribution is 7.80. The summed E-state index contributed by atoms with van der Waals surface area (Å²) in [5, 5.41) is 0. The molecule has 0 bridgehead atoms. The van der Waals surface area contributed by atoms with Crippen LogP contribution in [0.3, 0.4) is 0 Å². The van der Waals surface area contributed by atoms with E-state index in [1.807, 2.05) is 6.92 Å². The lowest BCUT2D eigenvalue weighted by molar-refractivity contribution is 0.0738. The van der Waals surface area contributed by atoms with Crippen LogP contribution in [0.4, 0.5) is 0 Å². The highest BCUT2D eigenvalue weighted by Crippen LogP contribution is 2.13. The van der Waals surface area contributed by atoms with Crippen molar-refractivity contribution in [2.45, 2.75) is 52.6 Å². The quantitative estimate of drug-likeness (QED) is 0.635. The number of nitrogens with two attached hydrogens (primary N) is 1. The zero-order valence-electron chi connectivity index (χ0n) is 9.58. The molecule has 0 spiro atoms. The van der Waals surface area contributed by atoms with Crippen LogP contribution in [0, 0.1) is 5.92 Å². The Kier molecular flexibility index (Phi) is 8.09. The van der Waals surface area contributed by atoms with Gasteiger partial charge in [0.2, 0.25) is 0 Å². The molecule has 0 saturated carbocycles. The molecule has 0 aliphatic heterocycles. The van der Waals surface area contributed by atoms with Crippen LogP contribution in [0.15, 0.2) is 0 Å². The van der Waals surface area contributed by atoms with Crippen LogP contribution in [0.2, 0.25) is 0 Å². The van der Waals surface area contributed by atoms with Crippen LogP contribution in [-0.2, 0) is 4.74 Å². The van der Waals surface area contributed by atoms with Crippen LogP contribution >= 0.6 is 12.2 Å². The maximum absolute atomic E-state index is 5.59. The molecule has 0 aromatic heterocycles. The van der Waals surface area contributed by atoms with Crippen molar-refractivity contribution in [2.24, 2.45) is 11.7 Å². The van der Waals surface area contributed by atoms with Gasteiger partial charge in [-0.2, -0.15) is 0 Å². The zero-order valence-corrected chi connectivity index (χ0v) is 10.4. The van der Waals surface area contributed by atoms with Gasteiger partial charge in [0.15, 0.2) is 0 Å². The lowest BCUT2D eigenvalue weighted by Gasteiger charge is -2.18. The normalized spacial score (nSPS) is 15.1. The van der Waals surface area contributed by atoms with E-state index in [0.717, 1.165) is 6.61 Å². The third kappa shape index (κ3) is 6.33. The average molecular weight is 217 g/mol. The Morgan fingerprint density at radius 3 is 2.50 bits per heavy atom. The van der Waals surface area contributed by atoms with Crippen molar-refractivity contribution in [3.63, 3.8) is 0 Å². The molecule has 0 heterocycles. The first-order valence-electron chi connectivity index (χ1n) is 5.52. The van der Waals surface area contributed by atoms with Crippen molar-refractivity contribution in [2.75, 3.05) is 6.61 Å². The predicted octanol–water partition coefficient (Wildman–Crippen LogP) is 2.89. The van der Waals surface area contributed by atoms with E-state index in [1.165, 1.54) is 25.7 Å². The molecule has 2 nitrogen and oxygen atoms in total. The molecule has 0 saturated heterocycles. The molecule has 0 aromatic rings. The summed E-state index contributed by atoms with van der Waals surface area (Å²) in [5.41, 5.74) is 5.47. The third-order valence-corrected chi connectivity index (χ3v) is 2.86. The second-order valence-electron chi connectivity index (χ2n) is 3.79. The maximum atomic E-state index is 5.59. The largest absolute Gasteiger partial charge is 0.391 e. The summed E-state index contributed by atoms with van der Waals surface area (Å²) < 4.78 is 5.59. The van der Waals surface area contributed by atoms with Gasteiger partial charge >= 0.3 is 0 Å². The van der Waals surface area contributed by atoms with Crippen molar-refractivity contribution in [1.82, 2.24) is 0 Å². The van der Waals surface area contributed by atoms with Gasteiger partial charge in [-0.15, -0.1) is 0 Å². The van der Waals surface area contributed by atoms with Gasteiger partial charge in [0.25, 0.3) is 0 Å². The first kappa shape index (κ1) is 13.8. The van der Waals surface area contributed by atoms with Gasteiger partial charge in [-0.1, -0.05) is 45.3 Å². The first-order chi connectivity index (χ1) is 6.61. The summed E-state index contributed by atoms with van der Waals surface area (Å²) in [6, 6.07) is 0. The van der Waals surface area contributed by atoms with Crippen molar-refractivity contribution >= 4 is 17.2 Å². The molecule has 0 radical (unpaired) electrons. The van der Waals surface area contributed by atoms with Gasteiger partial charge in [-0.05, 0) is 19.3 Å². The first-order valence-corrected chi connectivity index (χ1v) is 5.93. The fourth-order valence-electron chi connectivity index (χ4n) is 1.26. The van der Waals surface area contributed by atoms with Gasteiger partial charge in [0.05, 0.1) is 6.61 Å². The third-order valence-electron chi connectivity index (χ3n) is 2.53. The molecule has 2 unspecified atom stereocenters. The smallest absolute Gasteiger partial charge is 0.104 e. The number of hydrogen-bond donors (Lipinski definition) is 1. The minimum absolute atomic E-state index is 0.0827. The fourth-order valence-corrected chi connectivity index (χ4v) is 1.33. The van der Waals surface area contributed by atoms with Crippen molar-refractivity contribution in [3.8, 4) is 0 Å². The summed E-state index contributed by atoms with van der Waals surface area (Å²) in [4.78, 5) is 0.454. The standard InChI is InChI=1S/C11H23NOS/c1-4-6-7-10(5-2)8-13-9(3)11(12)14/h9-10H,4-8H2,1-3H3,(H2,12,14). The Balaban J connectivity index is 3.66. The molecule has 14 heavy (non-hydrogen) atoms. The van der Waals surface area contributed by atoms with Crippen molar-refractivity contribution in [3.05, 3.63) is 0 Å². The molecule has 0 aliphatic rings. The van der Waals surface area contributed by atoms with E-state index in [1.54, 1.807) is 0 Å². The summed E-state index contributed by atoms with van der Waals surface area (Å²) >= 11 is 4.85. The molecule has 0 aliphatic carbocycles. The molecular formula is C11H23NOS. The van der Waals surface area contributed by atoms with E-state index in [4.69, 9.17) is 22.7 Å². The Morgan fingerprint density at radius 1 is 1.43 bits per heavy atom. The highest BCUT2D eigenvalue weighted by atomic mass is 32.1. The SMILES string of the molecule is CCCCC(CC)COC(C)C(N)=S. The van der Waals surface area contributed by atoms with E-state index >= 15 is 0 Å². The van der Waals surface area contributed by atoms with E-state index in [2.05, 4.69) is 13.8 Å². The minimum Gasteiger partial charge on any atom is -0.391 e. The minimum atomic E-state index is -0.0827. The number of ether oxygens (including phenoxy) is 1. The van der Waals surface area contributed by atoms with Gasteiger partial charge in [-0.3, -0.25) is 0 Å². The van der Waals surface area contributed by atoms with Crippen LogP contribution in [-0.4, -0.2) is 17.7 Å². The summed E-state index contributed by atoms with van der Waals surface area (Å²) in [6.07, 6.45) is 4.87. The van der Waals surface area contributed by atoms with E-state index in [0.29, 0.717) is 10.9 Å². The van der Waals surface area contributed by atoms with E-state index < -0.39 is 0 Å². The van der Waals surface area contributed by atoms with E-state index in [-0.39, 0.29) is 6.10 Å². The van der Waals surface area contributed by atoms with Gasteiger partial charge in [0, 0.05) is 0 Å². The van der Waals surface area contributed by atoms with Crippen LogP contribution in [0.25, 0.3) is 0 Å². The summed E-state index contributed by atoms with van der Waals surface area (Å²) in [5.74, 6) is 0.659. The van der Waals surface area contributed by atoms with Crippen LogP contribution < -0.4 is 5.73 Å². The monoisotopic (exact) mass is 217 g/mol. The maximum Gasteiger partial charge on any atom is 0.104 e. The number of rotatable bonds is 8. The summed E-state index contributed by atoms with van der Waals surface area (Å²) in [6.45, 7) is 7.12. The average Bonchev–Trinajstić information content (AvgIpc) is 2.17. The van der Waals surface area contributed by atoms with Gasteiger partial charge < -0.3 is 10.5 Å². The Bertz CT molecular complexity index is 161. The number of thiocarbonyl (C=S) groups is 1. The molecule has 0 rings (SSSR count). The zero-order chi connectivity index (χ0) is 11.0. The lowest BCUT2D eigenvalue weighted by atomic mass is 10.0. The van der Waals surface area contributed by atoms with Crippen LogP contribution in [0.1, 0.15) is 46.5 Å². The summed E-state index contributed by atoms with van der Waals surface area (Å²) in [7, 11) is 0. The van der Waals surface area contributed by atoms with Gasteiger partial charge in [0.1, 0.15) is 11.1 Å². The molecule has 3 heteroatoms. The highest BCUT2D eigenvalue weighted by Gasteiger charge is 2.10. The number of unbranched alkanes of at least 4 members (excludes halogenated alkanes) is 1. The molecule has 2 N–H and O–H groups in total. The molecular weight excluding hydrogens is 194 g/mol. The molecule has 0 aromatic carbocycles. The van der Waals surface area contributed by atoms with Gasteiger partial charge in [-0.25, -0.2) is 0 Å². The van der Waals surface area contributed by atoms with E-state index in [9.17, 15) is 0 Å². The fraction of sp³-hybridized carbons (Fsp3) is 0.909. The molecule has 2 atom stereocenters. The Morgan fingerprint density at radius 2 is 2.07 bits per heavy atom. The number of hydrogen-bond acceptors (Lipinski definition) is 2. The Hall–Kier alpha value is -0.150. The molecule has 84 valence electrons. The second kappa shape index (κ2) is 8.18. The second-order valence-corrected chi connectivity index (χ2v) is 4.27. The molecule has 0 fully saturated rings. The predicted molar refractivity (Wildman–Crippen MR) is 65.5 cm³/mol. The van der Waals surface area contributed by atoms with Crippen molar-refractivity contribution in [1.29, 1.82) is 0 Å². The lowest BCUT2D eigenvalue weighted by Crippen LogP contribution is -2.28. The molecule has 0 amide bonds. The Labute approximate surface area is 93.2 Å².